The highest BCUT2D eigenvalue weighted by Gasteiger charge is 2.10. The molecule has 6 nitrogen and oxygen atoms in total. The van der Waals surface area contributed by atoms with Crippen molar-refractivity contribution < 1.29 is 9.59 Å². The highest BCUT2D eigenvalue weighted by Crippen LogP contribution is 2.25. The zero-order chi connectivity index (χ0) is 33.6. The lowest BCUT2D eigenvalue weighted by atomic mass is 9.89. The maximum Gasteiger partial charge on any atom is 0.146 e. The van der Waals surface area contributed by atoms with Gasteiger partial charge in [-0.15, -0.1) is 0 Å². The first-order valence-corrected chi connectivity index (χ1v) is 19.9. The molecule has 0 radical (unpaired) electrons. The first-order chi connectivity index (χ1) is 22.7. The standard InChI is InChI=1S/C40H78N4O2/c1-4-6-8-10-15-21-28-39(29-22-16-11-9-7-5-2)30-23-17-14-19-25-34-44(33-24-18-12-13-20-26-36-45)35-27-32-42-40(31-37-46)43-38-41-3/h31,36-39,42H,4-30,32-35H2,1-3H3,(H,41,43)/b40-31-. The van der Waals surface area contributed by atoms with Gasteiger partial charge in [-0.05, 0) is 51.2 Å². The van der Waals surface area contributed by atoms with Crippen LogP contribution in [0.25, 0.3) is 0 Å². The fourth-order valence-electron chi connectivity index (χ4n) is 6.47. The van der Waals surface area contributed by atoms with Gasteiger partial charge in [-0.1, -0.05) is 155 Å². The van der Waals surface area contributed by atoms with Gasteiger partial charge in [0.05, 0.1) is 6.34 Å². The van der Waals surface area contributed by atoms with Crippen LogP contribution in [-0.2, 0) is 9.59 Å². The van der Waals surface area contributed by atoms with Gasteiger partial charge in [-0.3, -0.25) is 9.79 Å². The molecule has 0 aliphatic rings. The maximum atomic E-state index is 10.9. The van der Waals surface area contributed by atoms with Gasteiger partial charge in [-0.2, -0.15) is 0 Å². The highest BCUT2D eigenvalue weighted by atomic mass is 16.1. The summed E-state index contributed by atoms with van der Waals surface area (Å²) < 4.78 is 0. The van der Waals surface area contributed by atoms with Crippen LogP contribution in [0.2, 0.25) is 0 Å². The third-order valence-corrected chi connectivity index (χ3v) is 9.37. The number of nitrogens with zero attached hydrogens (tertiary/aromatic N) is 2. The van der Waals surface area contributed by atoms with Crippen LogP contribution >= 0.6 is 0 Å². The van der Waals surface area contributed by atoms with Crippen LogP contribution in [-0.4, -0.2) is 57.0 Å². The summed E-state index contributed by atoms with van der Waals surface area (Å²) in [5.41, 5.74) is 0. The number of carbonyl (C=O) groups excluding carboxylic acids is 2. The maximum absolute atomic E-state index is 10.9. The molecule has 6 heteroatoms. The van der Waals surface area contributed by atoms with E-state index in [1.807, 2.05) is 0 Å². The van der Waals surface area contributed by atoms with E-state index in [9.17, 15) is 9.59 Å². The minimum Gasteiger partial charge on any atom is -0.371 e. The van der Waals surface area contributed by atoms with Gasteiger partial charge in [-0.25, -0.2) is 0 Å². The minimum absolute atomic E-state index is 0.698. The Morgan fingerprint density at radius 3 is 1.54 bits per heavy atom. The second-order valence-corrected chi connectivity index (χ2v) is 13.6. The summed E-state index contributed by atoms with van der Waals surface area (Å²) in [5, 5.41) is 6.34. The van der Waals surface area contributed by atoms with Crippen molar-refractivity contribution in [3.63, 3.8) is 0 Å². The summed E-state index contributed by atoms with van der Waals surface area (Å²) in [5.74, 6) is 1.66. The monoisotopic (exact) mass is 647 g/mol. The third kappa shape index (κ3) is 32.3. The summed E-state index contributed by atoms with van der Waals surface area (Å²) in [6.07, 6.45) is 40.9. The summed E-state index contributed by atoms with van der Waals surface area (Å²) >= 11 is 0. The molecule has 0 unspecified atom stereocenters. The van der Waals surface area contributed by atoms with Gasteiger partial charge in [0.2, 0.25) is 0 Å². The van der Waals surface area contributed by atoms with E-state index in [0.29, 0.717) is 12.2 Å². The fourth-order valence-corrected chi connectivity index (χ4v) is 6.47. The topological polar surface area (TPSA) is 73.8 Å². The summed E-state index contributed by atoms with van der Waals surface area (Å²) in [7, 11) is 1.71. The van der Waals surface area contributed by atoms with E-state index >= 15 is 0 Å². The van der Waals surface area contributed by atoms with E-state index < -0.39 is 0 Å². The first-order valence-electron chi connectivity index (χ1n) is 19.9. The number of aldehydes is 2. The second-order valence-electron chi connectivity index (χ2n) is 13.6. The second kappa shape index (κ2) is 37.8. The molecule has 0 heterocycles. The Morgan fingerprint density at radius 1 is 0.609 bits per heavy atom. The van der Waals surface area contributed by atoms with Crippen molar-refractivity contribution in [3.8, 4) is 0 Å². The Hall–Kier alpha value is -1.69. The smallest absolute Gasteiger partial charge is 0.146 e. The Bertz CT molecular complexity index is 681. The van der Waals surface area contributed by atoms with Crippen LogP contribution in [0, 0.1) is 5.92 Å². The average molecular weight is 647 g/mol. The lowest BCUT2D eigenvalue weighted by molar-refractivity contribution is -0.108. The van der Waals surface area contributed by atoms with Crippen LogP contribution in [0.5, 0.6) is 0 Å². The predicted molar refractivity (Wildman–Crippen MR) is 202 cm³/mol. The van der Waals surface area contributed by atoms with Crippen molar-refractivity contribution in [1.29, 1.82) is 0 Å². The van der Waals surface area contributed by atoms with Crippen LogP contribution < -0.4 is 10.6 Å². The van der Waals surface area contributed by atoms with E-state index in [1.54, 1.807) is 13.4 Å². The van der Waals surface area contributed by atoms with Gasteiger partial charge >= 0.3 is 0 Å². The average Bonchev–Trinajstić information content (AvgIpc) is 3.06. The van der Waals surface area contributed by atoms with Crippen molar-refractivity contribution in [2.75, 3.05) is 33.2 Å². The van der Waals surface area contributed by atoms with Gasteiger partial charge in [0.25, 0.3) is 0 Å². The van der Waals surface area contributed by atoms with E-state index in [2.05, 4.69) is 34.4 Å². The number of aliphatic imine (C=N–C) groups is 1. The molecule has 0 fully saturated rings. The molecule has 0 aromatic carbocycles. The Balaban J connectivity index is 4.45. The molecule has 0 amide bonds. The normalized spacial score (nSPS) is 12.1. The molecule has 2 N–H and O–H groups in total. The molecule has 0 aliphatic heterocycles. The van der Waals surface area contributed by atoms with Gasteiger partial charge < -0.3 is 20.3 Å². The van der Waals surface area contributed by atoms with Crippen molar-refractivity contribution in [1.82, 2.24) is 15.5 Å². The summed E-state index contributed by atoms with van der Waals surface area (Å²) in [4.78, 5) is 28.1. The lowest BCUT2D eigenvalue weighted by Gasteiger charge is -2.23. The molecule has 0 aliphatic carbocycles. The molecular formula is C40H78N4O2. The van der Waals surface area contributed by atoms with E-state index in [-0.39, 0.29) is 0 Å². The number of nitrogens with one attached hydrogen (secondary N) is 2. The largest absolute Gasteiger partial charge is 0.371 e. The van der Waals surface area contributed by atoms with Crippen molar-refractivity contribution >= 4 is 18.9 Å². The van der Waals surface area contributed by atoms with Crippen LogP contribution in [0.15, 0.2) is 16.9 Å². The number of allylic oxidation sites excluding steroid dienone is 1. The molecule has 46 heavy (non-hydrogen) atoms. The molecule has 0 saturated carbocycles. The van der Waals surface area contributed by atoms with Crippen molar-refractivity contribution in [3.05, 3.63) is 11.9 Å². The molecule has 0 rings (SSSR count). The van der Waals surface area contributed by atoms with Gasteiger partial charge in [0.1, 0.15) is 18.4 Å². The molecule has 0 aromatic heterocycles. The molecule has 0 spiro atoms. The van der Waals surface area contributed by atoms with Gasteiger partial charge in [0.15, 0.2) is 0 Å². The third-order valence-electron chi connectivity index (χ3n) is 9.37. The lowest BCUT2D eigenvalue weighted by Crippen LogP contribution is -2.31. The van der Waals surface area contributed by atoms with Gasteiger partial charge in [0, 0.05) is 26.1 Å². The minimum atomic E-state index is 0.698. The molecule has 0 saturated heterocycles. The highest BCUT2D eigenvalue weighted by molar-refractivity contribution is 5.68. The van der Waals surface area contributed by atoms with E-state index in [0.717, 1.165) is 51.0 Å². The van der Waals surface area contributed by atoms with E-state index in [4.69, 9.17) is 0 Å². The predicted octanol–water partition coefficient (Wildman–Crippen LogP) is 10.6. The molecule has 0 bridgehead atoms. The Kier molecular flexibility index (Phi) is 36.4. The van der Waals surface area contributed by atoms with E-state index in [1.165, 1.54) is 167 Å². The van der Waals surface area contributed by atoms with Crippen LogP contribution in [0.1, 0.15) is 187 Å². The number of hydrogen-bond donors (Lipinski definition) is 2. The fraction of sp³-hybridized carbons (Fsp3) is 0.875. The van der Waals surface area contributed by atoms with Crippen LogP contribution in [0.3, 0.4) is 0 Å². The molecular weight excluding hydrogens is 568 g/mol. The zero-order valence-corrected chi connectivity index (χ0v) is 31.0. The number of carbonyl (C=O) groups is 2. The number of rotatable bonds is 38. The molecule has 0 atom stereocenters. The Morgan fingerprint density at radius 2 is 1.07 bits per heavy atom. The number of unbranched alkanes of at least 4 members (excludes halogenated alkanes) is 19. The first kappa shape index (κ1) is 44.3. The number of hydrogen-bond acceptors (Lipinski definition) is 5. The van der Waals surface area contributed by atoms with Crippen molar-refractivity contribution in [2.45, 2.75) is 187 Å². The van der Waals surface area contributed by atoms with Crippen molar-refractivity contribution in [2.24, 2.45) is 10.9 Å². The molecule has 0 aromatic rings. The van der Waals surface area contributed by atoms with Crippen LogP contribution in [0.4, 0.5) is 0 Å². The molecule has 270 valence electrons. The quantitative estimate of drug-likeness (QED) is 0.0230. The Labute approximate surface area is 286 Å². The zero-order valence-electron chi connectivity index (χ0n) is 31.0. The summed E-state index contributed by atoms with van der Waals surface area (Å²) in [6.45, 7) is 8.86. The summed E-state index contributed by atoms with van der Waals surface area (Å²) in [6, 6.07) is 0. The SMILES string of the molecule is CCCCCCCCC(CCCCCCCC)CCCCCCCN(CCCCCCCC=O)CCCN/C(=C/C=O)NC=NC.